The highest BCUT2D eigenvalue weighted by molar-refractivity contribution is 8.00. The van der Waals surface area contributed by atoms with Crippen LogP contribution in [0.15, 0.2) is 152 Å². The lowest BCUT2D eigenvalue weighted by atomic mass is 9.95. The average molecular weight is 1830 g/mol. The Morgan fingerprint density at radius 3 is 1.73 bits per heavy atom. The number of benzene rings is 6. The number of nitrogens with two attached hydrogens (primary N) is 1. The molecule has 694 valence electrons. The quantitative estimate of drug-likeness (QED) is 0.0492. The number of nitrogens with one attached hydrogen (secondary N) is 10. The number of rotatable bonds is 21. The maximum Gasteiger partial charge on any atom is 0.305 e. The summed E-state index contributed by atoms with van der Waals surface area (Å²) in [6.45, 7) is 5.91. The molecule has 0 saturated carbocycles. The van der Waals surface area contributed by atoms with Crippen molar-refractivity contribution >= 4 is 135 Å². The molecule has 1 aromatic heterocycles. The lowest BCUT2D eigenvalue weighted by molar-refractivity contribution is -0.151. The summed E-state index contributed by atoms with van der Waals surface area (Å²) in [5.41, 5.74) is 8.48. The number of carbonyl (C=O) groups is 16. The first-order chi connectivity index (χ1) is 61.8. The number of aromatic amines is 1. The van der Waals surface area contributed by atoms with E-state index in [0.717, 1.165) is 42.3 Å². The van der Waals surface area contributed by atoms with Gasteiger partial charge in [0, 0.05) is 95.6 Å². The summed E-state index contributed by atoms with van der Waals surface area (Å²) in [6.07, 6.45) is -0.500. The zero-order valence-corrected chi connectivity index (χ0v) is 75.2. The fraction of sp³-hybridized carbons (Fsp3) is 0.413. The second-order valence-corrected chi connectivity index (χ2v) is 34.6. The van der Waals surface area contributed by atoms with Gasteiger partial charge in [0.05, 0.1) is 36.0 Å². The molecular weight excluding hydrogens is 1720 g/mol. The van der Waals surface area contributed by atoms with Crippen molar-refractivity contribution in [2.75, 3.05) is 64.2 Å². The third-order valence-electron chi connectivity index (χ3n) is 22.4. The number of thioether (sulfide) groups is 1. The summed E-state index contributed by atoms with van der Waals surface area (Å²) in [5.74, 6) is -19.5. The van der Waals surface area contributed by atoms with E-state index in [0.29, 0.717) is 51.6 Å². The minimum absolute atomic E-state index is 0.0155. The molecule has 2 aliphatic rings. The third-order valence-corrected chi connectivity index (χ3v) is 23.8. The fourth-order valence-corrected chi connectivity index (χ4v) is 16.4. The number of carboxylic acids is 1. The number of para-hydroxylation sites is 1. The summed E-state index contributed by atoms with van der Waals surface area (Å²) >= 11 is 6.87. The smallest absolute Gasteiger partial charge is 0.305 e. The molecule has 1 fully saturated rings. The van der Waals surface area contributed by atoms with Gasteiger partial charge < -0.3 is 98.4 Å². The number of H-pyrrole nitrogens is 1. The number of anilines is 1. The van der Waals surface area contributed by atoms with Gasteiger partial charge in [-0.2, -0.15) is 0 Å². The van der Waals surface area contributed by atoms with Crippen molar-refractivity contribution in [2.45, 2.75) is 172 Å². The number of hydrogen-bond donors (Lipinski definition) is 14. The van der Waals surface area contributed by atoms with E-state index in [-0.39, 0.29) is 72.7 Å². The van der Waals surface area contributed by atoms with Crippen LogP contribution in [-0.2, 0) is 115 Å². The molecule has 6 aromatic carbocycles. The second kappa shape index (κ2) is 47.0. The topological polar surface area (TPSA) is 500 Å². The summed E-state index contributed by atoms with van der Waals surface area (Å²) in [4.78, 5) is 244. The zero-order chi connectivity index (χ0) is 94.9. The molecule has 7 aromatic rings. The Hall–Kier alpha value is -13.5. The number of likely N-dealkylation sites (N-methyl/N-ethyl adjacent to an activating group) is 4. The van der Waals surface area contributed by atoms with Gasteiger partial charge >= 0.3 is 5.97 Å². The number of nitrogens with zero attached hydrogens (tertiary/aromatic N) is 5. The van der Waals surface area contributed by atoms with Gasteiger partial charge in [0.2, 0.25) is 88.6 Å². The predicted octanol–water partition coefficient (Wildman–Crippen LogP) is 3.01. The molecular formula is C92H112ClFN16O19S. The number of halogens is 2. The van der Waals surface area contributed by atoms with E-state index in [1.165, 1.54) is 82.8 Å². The molecule has 2 bridgehead atoms. The number of phenolic OH excluding ortho intramolecular Hbond substituents is 2. The first-order valence-corrected chi connectivity index (χ1v) is 44.1. The molecule has 1 unspecified atom stereocenters. The van der Waals surface area contributed by atoms with Gasteiger partial charge in [-0.3, -0.25) is 76.7 Å². The number of carboxylic acid groups (broad SMARTS) is 1. The molecule has 15 N–H and O–H groups in total. The van der Waals surface area contributed by atoms with E-state index in [1.807, 2.05) is 6.92 Å². The molecule has 1 saturated heterocycles. The van der Waals surface area contributed by atoms with Crippen molar-refractivity contribution < 1.29 is 96.4 Å². The van der Waals surface area contributed by atoms with Crippen molar-refractivity contribution in [1.29, 1.82) is 0 Å². The normalized spacial score (nSPS) is 22.1. The van der Waals surface area contributed by atoms with Crippen LogP contribution in [-0.4, -0.2) is 260 Å². The van der Waals surface area contributed by atoms with E-state index < -0.39 is 223 Å². The summed E-state index contributed by atoms with van der Waals surface area (Å²) in [5, 5.41) is 55.6. The van der Waals surface area contributed by atoms with Crippen molar-refractivity contribution in [1.82, 2.24) is 72.4 Å². The van der Waals surface area contributed by atoms with Crippen LogP contribution in [0.25, 0.3) is 10.9 Å². The molecule has 2 aliphatic heterocycles. The van der Waals surface area contributed by atoms with Crippen LogP contribution in [0.2, 0.25) is 5.02 Å². The highest BCUT2D eigenvalue weighted by Crippen LogP contribution is 2.33. The van der Waals surface area contributed by atoms with Gasteiger partial charge in [0.25, 0.3) is 0 Å². The largest absolute Gasteiger partial charge is 0.508 e. The minimum Gasteiger partial charge on any atom is -0.508 e. The van der Waals surface area contributed by atoms with E-state index in [1.54, 1.807) is 119 Å². The molecule has 11 atom stereocenters. The Morgan fingerprint density at radius 2 is 1.10 bits per heavy atom. The van der Waals surface area contributed by atoms with Crippen LogP contribution in [0.1, 0.15) is 100 Å². The number of unbranched alkanes of at least 4 members (excludes halogenated alkanes) is 1. The van der Waals surface area contributed by atoms with Gasteiger partial charge in [-0.1, -0.05) is 162 Å². The van der Waals surface area contributed by atoms with E-state index in [4.69, 9.17) is 17.3 Å². The third kappa shape index (κ3) is 28.0. The van der Waals surface area contributed by atoms with Crippen LogP contribution < -0.4 is 58.5 Å². The number of aromatic hydroxyl groups is 2. The number of carbonyl (C=O) groups excluding carboxylic acids is 15. The van der Waals surface area contributed by atoms with Gasteiger partial charge in [-0.05, 0) is 94.5 Å². The lowest BCUT2D eigenvalue weighted by Crippen LogP contribution is -2.62. The van der Waals surface area contributed by atoms with Crippen LogP contribution in [0.4, 0.5) is 10.1 Å². The highest BCUT2D eigenvalue weighted by atomic mass is 35.5. The Bertz CT molecular complexity index is 5280. The van der Waals surface area contributed by atoms with Crippen molar-refractivity contribution in [2.24, 2.45) is 17.6 Å². The molecule has 0 spiro atoms. The summed E-state index contributed by atoms with van der Waals surface area (Å²) in [6, 6.07) is 19.7. The molecule has 35 nitrogen and oxygen atoms in total. The Kier molecular flexibility index (Phi) is 36.3. The monoisotopic (exact) mass is 1830 g/mol. The first kappa shape index (κ1) is 100. The van der Waals surface area contributed by atoms with Crippen LogP contribution in [0.3, 0.4) is 0 Å². The number of fused-ring (bicyclic) bond motifs is 5. The Labute approximate surface area is 760 Å². The lowest BCUT2D eigenvalue weighted by Gasteiger charge is -2.37. The zero-order valence-electron chi connectivity index (χ0n) is 73.6. The molecule has 130 heavy (non-hydrogen) atoms. The Morgan fingerprint density at radius 1 is 0.546 bits per heavy atom. The SMILES string of the molecule is CCCC[C@H]1C(=O)N(C)CC(=O)N[C@@H](CC(=O)O)C(=O)N[C@@H](C(C)C)C(=O)N(C)C(Cc2ccccc2)C(=O)N[C@H]2Cc3ccc(O)cc3N(CC(=O)N[C@@H](Cc3c[nH]c4ccccc34)C(=O)N[C@@H](Cc3ccc(O)cc3)C(=O)N[C@@H](CC(C)C)C(=O)N[C@H](C(=O)NCC(N)=O)CSCC(=O)N[C@@H](Cc3ccc(Cl)c(F)c3)C(=O)N(C)[C@@H](Cc3ccccc3)C(=O)N1C)C2=O. The van der Waals surface area contributed by atoms with Crippen molar-refractivity contribution in [3.8, 4) is 11.5 Å². The predicted molar refractivity (Wildman–Crippen MR) is 482 cm³/mol. The molecule has 3 heterocycles. The number of amides is 15. The van der Waals surface area contributed by atoms with Gasteiger partial charge in [-0.25, -0.2) is 4.39 Å². The number of aromatic nitrogens is 1. The maximum atomic E-state index is 15.5. The molecule has 15 amide bonds. The fourth-order valence-electron chi connectivity index (χ4n) is 15.4. The molecule has 9 rings (SSSR count). The average Bonchev–Trinajstić information content (AvgIpc) is 0.903. The Balaban J connectivity index is 1.12. The highest BCUT2D eigenvalue weighted by Gasteiger charge is 2.44. The maximum absolute atomic E-state index is 15.5. The molecule has 38 heteroatoms. The molecule has 0 aliphatic carbocycles. The van der Waals surface area contributed by atoms with Gasteiger partial charge in [-0.15, -0.1) is 11.8 Å². The summed E-state index contributed by atoms with van der Waals surface area (Å²) in [7, 11) is 5.10. The van der Waals surface area contributed by atoms with Gasteiger partial charge in [0.1, 0.15) is 90.3 Å². The van der Waals surface area contributed by atoms with Gasteiger partial charge in [0.15, 0.2) is 0 Å². The standard InChI is InChI=1S/C92H112ClFN16O19S/c1-10-11-26-72-90(127)106(6)47-77(114)99-68(44-80(117)118)86(123)105-81(52(4)5)92(129)108(8)74(39-53-20-14-12-15-21-53)87(124)103-70-41-57-30-33-60(112)43-73(57)110(89(70)126)48-78(115)98-67(42-58-45-96-64-25-19-18-24-61(58)64)85(122)102-66(37-55-27-31-59(111)32-28-55)84(121)101-65(35-51(2)3)83(120)104-71(82(119)97-46-76(95)113)49-130-50-79(116)100-69(38-56-29-34-62(93)63(94)36-56)88(125)109(9)75(91(128)107(72)7)40-54-22-16-13-17-23-54/h12-25,27-34,36,43,45,51-52,65-72,74-75,81,96,111-112H,10-11,26,35,37-42,44,46-50H2,1-9H3,(H2,95,113)(H,97,119)(H,98,115)(H,99,114)(H,100,116)(H,101,121)(H,102,122)(H,103,124)(H,104,120)(H,105,123)(H,117,118)/t65-,66-,67-,68-,69-,70-,71-,72-,74?,75-,81-/m0/s1. The number of hydrogen-bond acceptors (Lipinski definition) is 19. The first-order valence-electron chi connectivity index (χ1n) is 42.6. The molecule has 0 radical (unpaired) electrons. The second-order valence-electron chi connectivity index (χ2n) is 33.2. The van der Waals surface area contributed by atoms with Crippen molar-refractivity contribution in [3.63, 3.8) is 0 Å². The van der Waals surface area contributed by atoms with Crippen LogP contribution in [0, 0.1) is 17.7 Å². The van der Waals surface area contributed by atoms with E-state index in [9.17, 15) is 53.7 Å². The number of aliphatic carboxylic acids is 1. The number of primary amides is 1. The van der Waals surface area contributed by atoms with Crippen molar-refractivity contribution in [3.05, 3.63) is 196 Å². The number of phenols is 2. The summed E-state index contributed by atoms with van der Waals surface area (Å²) < 4.78 is 15.4. The van der Waals surface area contributed by atoms with Crippen LogP contribution in [0.5, 0.6) is 11.5 Å². The van der Waals surface area contributed by atoms with Crippen LogP contribution >= 0.6 is 23.4 Å². The minimum atomic E-state index is -1.93. The van der Waals surface area contributed by atoms with E-state index in [2.05, 4.69) is 52.8 Å². The van der Waals surface area contributed by atoms with E-state index >= 15 is 42.7 Å².